The van der Waals surface area contributed by atoms with E-state index in [4.69, 9.17) is 0 Å². The molecule has 0 atom stereocenters. The lowest BCUT2D eigenvalue weighted by atomic mass is 9.96. The molecule has 0 saturated heterocycles. The van der Waals surface area contributed by atoms with Crippen molar-refractivity contribution in [1.82, 2.24) is 9.55 Å². The summed E-state index contributed by atoms with van der Waals surface area (Å²) in [5.41, 5.74) is 1.28. The lowest BCUT2D eigenvalue weighted by molar-refractivity contribution is 0.459. The zero-order chi connectivity index (χ0) is 13.8. The second-order valence-electron chi connectivity index (χ2n) is 5.49. The van der Waals surface area contributed by atoms with Crippen molar-refractivity contribution < 1.29 is 0 Å². The highest BCUT2D eigenvalue weighted by Crippen LogP contribution is 2.21. The highest BCUT2D eigenvalue weighted by molar-refractivity contribution is 9.10. The first-order valence-electron chi connectivity index (χ1n) is 7.33. The van der Waals surface area contributed by atoms with Crippen molar-refractivity contribution in [2.45, 2.75) is 44.7 Å². The fourth-order valence-electron chi connectivity index (χ4n) is 2.84. The molecule has 0 radical (unpaired) electrons. The average Bonchev–Trinajstić information content (AvgIpc) is 2.87. The topological polar surface area (TPSA) is 29.9 Å². The summed E-state index contributed by atoms with van der Waals surface area (Å²) in [7, 11) is 0. The Balaban J connectivity index is 1.69. The molecule has 0 spiro atoms. The van der Waals surface area contributed by atoms with Crippen LogP contribution in [0.15, 0.2) is 41.1 Å². The highest BCUT2D eigenvalue weighted by Gasteiger charge is 2.15. The molecule has 1 heterocycles. The summed E-state index contributed by atoms with van der Waals surface area (Å²) < 4.78 is 3.31. The van der Waals surface area contributed by atoms with E-state index in [1.165, 1.54) is 37.7 Å². The van der Waals surface area contributed by atoms with E-state index in [0.29, 0.717) is 6.04 Å². The van der Waals surface area contributed by atoms with Crippen LogP contribution in [0.2, 0.25) is 0 Å². The van der Waals surface area contributed by atoms with Gasteiger partial charge in [-0.1, -0.05) is 47.3 Å². The van der Waals surface area contributed by atoms with Crippen LogP contribution < -0.4 is 5.32 Å². The lowest BCUT2D eigenvalue weighted by Gasteiger charge is -2.23. The minimum absolute atomic E-state index is 0.590. The molecule has 0 bridgehead atoms. The fourth-order valence-corrected chi connectivity index (χ4v) is 3.29. The SMILES string of the molecule is Brc1cccc(Cn2ccnc2NC2CCCCC2)c1. The maximum Gasteiger partial charge on any atom is 0.203 e. The Bertz CT molecular complexity index is 558. The van der Waals surface area contributed by atoms with Crippen LogP contribution >= 0.6 is 15.9 Å². The summed E-state index contributed by atoms with van der Waals surface area (Å²) in [6.45, 7) is 0.856. The smallest absolute Gasteiger partial charge is 0.203 e. The van der Waals surface area contributed by atoms with Crippen molar-refractivity contribution >= 4 is 21.9 Å². The van der Waals surface area contributed by atoms with Crippen molar-refractivity contribution in [3.05, 3.63) is 46.7 Å². The molecule has 3 rings (SSSR count). The Kier molecular flexibility index (Phi) is 4.41. The van der Waals surface area contributed by atoms with Crippen molar-refractivity contribution in [3.8, 4) is 0 Å². The number of imidazole rings is 1. The monoisotopic (exact) mass is 333 g/mol. The molecule has 1 saturated carbocycles. The molecule has 20 heavy (non-hydrogen) atoms. The van der Waals surface area contributed by atoms with E-state index in [-0.39, 0.29) is 0 Å². The Labute approximate surface area is 128 Å². The van der Waals surface area contributed by atoms with Crippen LogP contribution in [-0.4, -0.2) is 15.6 Å². The van der Waals surface area contributed by atoms with Crippen LogP contribution in [0.5, 0.6) is 0 Å². The second kappa shape index (κ2) is 6.44. The summed E-state index contributed by atoms with van der Waals surface area (Å²) in [5, 5.41) is 3.60. The number of halogens is 1. The molecule has 0 aliphatic heterocycles. The quantitative estimate of drug-likeness (QED) is 0.896. The molecule has 1 aliphatic carbocycles. The molecule has 3 nitrogen and oxygen atoms in total. The zero-order valence-electron chi connectivity index (χ0n) is 11.6. The third-order valence-corrected chi connectivity index (χ3v) is 4.39. The normalized spacial score (nSPS) is 16.2. The molecule has 1 N–H and O–H groups in total. The van der Waals surface area contributed by atoms with Gasteiger partial charge in [0.15, 0.2) is 0 Å². The number of benzene rings is 1. The largest absolute Gasteiger partial charge is 0.353 e. The van der Waals surface area contributed by atoms with Crippen LogP contribution in [0.1, 0.15) is 37.7 Å². The second-order valence-corrected chi connectivity index (χ2v) is 6.40. The van der Waals surface area contributed by atoms with Crippen LogP contribution in [-0.2, 0) is 6.54 Å². The molecular weight excluding hydrogens is 314 g/mol. The van der Waals surface area contributed by atoms with Gasteiger partial charge in [0.05, 0.1) is 6.54 Å². The number of rotatable bonds is 4. The summed E-state index contributed by atoms with van der Waals surface area (Å²) in [6, 6.07) is 9.02. The molecule has 1 aromatic carbocycles. The van der Waals surface area contributed by atoms with Gasteiger partial charge in [-0.25, -0.2) is 4.98 Å². The van der Waals surface area contributed by atoms with E-state index >= 15 is 0 Å². The van der Waals surface area contributed by atoms with Crippen molar-refractivity contribution in [3.63, 3.8) is 0 Å². The van der Waals surface area contributed by atoms with Crippen LogP contribution in [0.3, 0.4) is 0 Å². The van der Waals surface area contributed by atoms with E-state index in [9.17, 15) is 0 Å². The van der Waals surface area contributed by atoms with E-state index in [2.05, 4.69) is 55.1 Å². The number of nitrogens with one attached hydrogen (secondary N) is 1. The molecule has 1 aromatic heterocycles. The first kappa shape index (κ1) is 13.7. The summed E-state index contributed by atoms with van der Waals surface area (Å²) >= 11 is 3.52. The maximum atomic E-state index is 4.47. The van der Waals surface area contributed by atoms with Crippen molar-refractivity contribution in [2.24, 2.45) is 0 Å². The van der Waals surface area contributed by atoms with Gasteiger partial charge >= 0.3 is 0 Å². The Morgan fingerprint density at radius 3 is 2.90 bits per heavy atom. The molecule has 4 heteroatoms. The molecule has 106 valence electrons. The van der Waals surface area contributed by atoms with Gasteiger partial charge in [-0.05, 0) is 30.5 Å². The van der Waals surface area contributed by atoms with E-state index < -0.39 is 0 Å². The zero-order valence-corrected chi connectivity index (χ0v) is 13.1. The minimum Gasteiger partial charge on any atom is -0.353 e. The third-order valence-electron chi connectivity index (χ3n) is 3.90. The molecule has 1 fully saturated rings. The average molecular weight is 334 g/mol. The lowest BCUT2D eigenvalue weighted by Crippen LogP contribution is -2.24. The summed E-state index contributed by atoms with van der Waals surface area (Å²) in [6.07, 6.45) is 10.5. The van der Waals surface area contributed by atoms with E-state index in [1.807, 2.05) is 12.4 Å². The van der Waals surface area contributed by atoms with Gasteiger partial charge in [-0.15, -0.1) is 0 Å². The number of hydrogen-bond acceptors (Lipinski definition) is 2. The number of nitrogens with zero attached hydrogens (tertiary/aromatic N) is 2. The number of hydrogen-bond donors (Lipinski definition) is 1. The van der Waals surface area contributed by atoms with Gasteiger partial charge in [-0.2, -0.15) is 0 Å². The molecule has 2 aromatic rings. The van der Waals surface area contributed by atoms with Gasteiger partial charge < -0.3 is 9.88 Å². The molecular formula is C16H20BrN3. The van der Waals surface area contributed by atoms with E-state index in [0.717, 1.165) is 17.0 Å². The molecule has 1 aliphatic rings. The van der Waals surface area contributed by atoms with Crippen LogP contribution in [0, 0.1) is 0 Å². The Morgan fingerprint density at radius 2 is 2.10 bits per heavy atom. The number of anilines is 1. The number of aromatic nitrogens is 2. The van der Waals surface area contributed by atoms with Gasteiger partial charge in [0.1, 0.15) is 0 Å². The standard InChI is InChI=1S/C16H20BrN3/c17-14-6-4-5-13(11-14)12-20-10-9-18-16(20)19-15-7-2-1-3-8-15/h4-6,9-11,15H,1-3,7-8,12H2,(H,18,19). The minimum atomic E-state index is 0.590. The van der Waals surface area contributed by atoms with Crippen LogP contribution in [0.25, 0.3) is 0 Å². The van der Waals surface area contributed by atoms with Gasteiger partial charge in [0, 0.05) is 22.9 Å². The van der Waals surface area contributed by atoms with Gasteiger partial charge in [0.2, 0.25) is 5.95 Å². The third kappa shape index (κ3) is 3.42. The van der Waals surface area contributed by atoms with Crippen molar-refractivity contribution in [1.29, 1.82) is 0 Å². The van der Waals surface area contributed by atoms with Crippen molar-refractivity contribution in [2.75, 3.05) is 5.32 Å². The van der Waals surface area contributed by atoms with E-state index in [1.54, 1.807) is 0 Å². The summed E-state index contributed by atoms with van der Waals surface area (Å²) in [4.78, 5) is 4.47. The van der Waals surface area contributed by atoms with Gasteiger partial charge in [-0.3, -0.25) is 0 Å². The predicted molar refractivity (Wildman–Crippen MR) is 86.0 cm³/mol. The van der Waals surface area contributed by atoms with Gasteiger partial charge in [0.25, 0.3) is 0 Å². The van der Waals surface area contributed by atoms with Crippen LogP contribution in [0.4, 0.5) is 5.95 Å². The fraction of sp³-hybridized carbons (Fsp3) is 0.438. The Morgan fingerprint density at radius 1 is 1.25 bits per heavy atom. The summed E-state index contributed by atoms with van der Waals surface area (Å²) in [5.74, 6) is 0.997. The molecule has 0 unspecified atom stereocenters. The Hall–Kier alpha value is -1.29. The highest BCUT2D eigenvalue weighted by atomic mass is 79.9. The first-order chi connectivity index (χ1) is 9.81. The molecule has 0 amide bonds. The first-order valence-corrected chi connectivity index (χ1v) is 8.13. The predicted octanol–water partition coefficient (Wildman–Crippen LogP) is 4.44. The maximum absolute atomic E-state index is 4.47.